The maximum atomic E-state index is 12.9. The average Bonchev–Trinajstić information content (AvgIpc) is 2.85. The third kappa shape index (κ3) is 6.11. The lowest BCUT2D eigenvalue weighted by Crippen LogP contribution is -2.25. The molecular weight excluding hydrogens is 448 g/mol. The van der Waals surface area contributed by atoms with Crippen LogP contribution in [0.1, 0.15) is 34.8 Å². The first-order chi connectivity index (χ1) is 16.4. The van der Waals surface area contributed by atoms with Crippen LogP contribution in [0.2, 0.25) is 0 Å². The maximum Gasteiger partial charge on any atom is 0.255 e. The second kappa shape index (κ2) is 11.6. The monoisotopic (exact) mass is 478 g/mol. The van der Waals surface area contributed by atoms with E-state index in [9.17, 15) is 9.59 Å². The van der Waals surface area contributed by atoms with Gasteiger partial charge in [-0.25, -0.2) is 0 Å². The van der Waals surface area contributed by atoms with Crippen molar-refractivity contribution < 1.29 is 19.1 Å². The summed E-state index contributed by atoms with van der Waals surface area (Å²) in [6.07, 6.45) is 0.670. The summed E-state index contributed by atoms with van der Waals surface area (Å²) < 4.78 is 10.5. The minimum absolute atomic E-state index is 0.0408. The van der Waals surface area contributed by atoms with Gasteiger partial charge in [-0.2, -0.15) is 0 Å². The van der Waals surface area contributed by atoms with E-state index in [1.54, 1.807) is 25.3 Å². The molecule has 6 nitrogen and oxygen atoms in total. The number of ether oxygens (including phenoxy) is 2. The van der Waals surface area contributed by atoms with Crippen LogP contribution in [-0.2, 0) is 4.79 Å². The lowest BCUT2D eigenvalue weighted by molar-refractivity contribution is -0.115. The second-order valence-corrected chi connectivity index (χ2v) is 9.08. The van der Waals surface area contributed by atoms with Crippen LogP contribution in [0, 0.1) is 13.8 Å². The van der Waals surface area contributed by atoms with Gasteiger partial charge in [0.25, 0.3) is 5.91 Å². The van der Waals surface area contributed by atoms with E-state index in [4.69, 9.17) is 9.47 Å². The molecule has 0 aliphatic carbocycles. The molecule has 0 aliphatic heterocycles. The third-order valence-electron chi connectivity index (χ3n) is 5.54. The Morgan fingerprint density at radius 3 is 2.35 bits per heavy atom. The number of anilines is 2. The van der Waals surface area contributed by atoms with Gasteiger partial charge in [0.15, 0.2) is 11.5 Å². The fourth-order valence-electron chi connectivity index (χ4n) is 3.41. The first-order valence-electron chi connectivity index (χ1n) is 11.0. The van der Waals surface area contributed by atoms with E-state index in [0.717, 1.165) is 21.7 Å². The van der Waals surface area contributed by atoms with Crippen LogP contribution in [0.25, 0.3) is 0 Å². The average molecular weight is 479 g/mol. The van der Waals surface area contributed by atoms with Crippen molar-refractivity contribution in [2.24, 2.45) is 0 Å². The zero-order valence-corrected chi connectivity index (χ0v) is 20.9. The van der Waals surface area contributed by atoms with Crippen LogP contribution < -0.4 is 20.1 Å². The highest BCUT2D eigenvalue weighted by Crippen LogP contribution is 2.30. The number of benzene rings is 3. The molecule has 1 atom stereocenters. The van der Waals surface area contributed by atoms with Gasteiger partial charge in [0, 0.05) is 21.8 Å². The fourth-order valence-corrected chi connectivity index (χ4v) is 4.43. The standard InChI is InChI=1S/C27H30N2O4S/c1-6-25(27(31)29-22-12-7-9-17(2)18(22)3)34-21-11-8-10-20(16-21)28-26(30)19-13-14-23(32-4)24(15-19)33-5/h7-16,25H,6H2,1-5H3,(H,28,30)(H,29,31). The molecule has 0 saturated heterocycles. The van der Waals surface area contributed by atoms with E-state index in [2.05, 4.69) is 10.6 Å². The number of hydrogen-bond donors (Lipinski definition) is 2. The number of hydrogen-bond acceptors (Lipinski definition) is 5. The van der Waals surface area contributed by atoms with Gasteiger partial charge < -0.3 is 20.1 Å². The smallest absolute Gasteiger partial charge is 0.255 e. The molecule has 3 aromatic carbocycles. The number of rotatable bonds is 9. The number of thioether (sulfide) groups is 1. The molecule has 0 saturated carbocycles. The molecule has 0 bridgehead atoms. The summed E-state index contributed by atoms with van der Waals surface area (Å²) in [5, 5.41) is 5.70. The zero-order valence-electron chi connectivity index (χ0n) is 20.1. The summed E-state index contributed by atoms with van der Waals surface area (Å²) >= 11 is 1.47. The molecular formula is C27H30N2O4S. The quantitative estimate of drug-likeness (QED) is 0.364. The lowest BCUT2D eigenvalue weighted by atomic mass is 10.1. The highest BCUT2D eigenvalue weighted by Gasteiger charge is 2.19. The number of nitrogens with one attached hydrogen (secondary N) is 2. The van der Waals surface area contributed by atoms with Crippen LogP contribution >= 0.6 is 11.8 Å². The Kier molecular flexibility index (Phi) is 8.60. The molecule has 0 aromatic heterocycles. The van der Waals surface area contributed by atoms with Crippen LogP contribution in [0.5, 0.6) is 11.5 Å². The first-order valence-corrected chi connectivity index (χ1v) is 11.9. The van der Waals surface area contributed by atoms with Crippen molar-refractivity contribution in [3.05, 3.63) is 77.4 Å². The summed E-state index contributed by atoms with van der Waals surface area (Å²) in [6.45, 7) is 6.02. The second-order valence-electron chi connectivity index (χ2n) is 7.80. The number of methoxy groups -OCH3 is 2. The number of carbonyl (C=O) groups is 2. The Hall–Kier alpha value is -3.45. The number of amides is 2. The van der Waals surface area contributed by atoms with E-state index in [1.165, 1.54) is 18.9 Å². The highest BCUT2D eigenvalue weighted by molar-refractivity contribution is 8.00. The third-order valence-corrected chi connectivity index (χ3v) is 6.90. The summed E-state index contributed by atoms with van der Waals surface area (Å²) in [7, 11) is 3.08. The van der Waals surface area contributed by atoms with Crippen molar-refractivity contribution in [2.75, 3.05) is 24.9 Å². The van der Waals surface area contributed by atoms with Gasteiger partial charge in [-0.3, -0.25) is 9.59 Å². The van der Waals surface area contributed by atoms with Crippen LogP contribution in [-0.4, -0.2) is 31.3 Å². The van der Waals surface area contributed by atoms with Gasteiger partial charge in [-0.1, -0.05) is 25.1 Å². The molecule has 3 aromatic rings. The largest absolute Gasteiger partial charge is 0.493 e. The topological polar surface area (TPSA) is 76.7 Å². The minimum atomic E-state index is -0.267. The van der Waals surface area contributed by atoms with Crippen molar-refractivity contribution in [3.8, 4) is 11.5 Å². The van der Waals surface area contributed by atoms with E-state index in [1.807, 2.05) is 63.2 Å². The highest BCUT2D eigenvalue weighted by atomic mass is 32.2. The molecule has 0 fully saturated rings. The van der Waals surface area contributed by atoms with Crippen molar-refractivity contribution in [2.45, 2.75) is 37.3 Å². The summed E-state index contributed by atoms with van der Waals surface area (Å²) in [6, 6.07) is 18.4. The first kappa shape index (κ1) is 25.2. The van der Waals surface area contributed by atoms with Crippen molar-refractivity contribution in [3.63, 3.8) is 0 Å². The van der Waals surface area contributed by atoms with Crippen molar-refractivity contribution in [1.82, 2.24) is 0 Å². The Labute approximate surface area is 205 Å². The van der Waals surface area contributed by atoms with Gasteiger partial charge >= 0.3 is 0 Å². The Morgan fingerprint density at radius 2 is 1.65 bits per heavy atom. The molecule has 2 amide bonds. The Morgan fingerprint density at radius 1 is 0.912 bits per heavy atom. The molecule has 2 N–H and O–H groups in total. The number of carbonyl (C=O) groups excluding carboxylic acids is 2. The van der Waals surface area contributed by atoms with Gasteiger partial charge in [0.1, 0.15) is 0 Å². The molecule has 0 radical (unpaired) electrons. The van der Waals surface area contributed by atoms with Crippen LogP contribution in [0.3, 0.4) is 0 Å². The van der Waals surface area contributed by atoms with E-state index < -0.39 is 0 Å². The minimum Gasteiger partial charge on any atom is -0.493 e. The summed E-state index contributed by atoms with van der Waals surface area (Å²) in [5.74, 6) is 0.742. The van der Waals surface area contributed by atoms with Gasteiger partial charge in [-0.15, -0.1) is 11.8 Å². The van der Waals surface area contributed by atoms with Gasteiger partial charge in [0.05, 0.1) is 19.5 Å². The SMILES string of the molecule is CCC(Sc1cccc(NC(=O)c2ccc(OC)c(OC)c2)c1)C(=O)Nc1cccc(C)c1C. The normalized spacial score (nSPS) is 11.4. The molecule has 0 spiro atoms. The van der Waals surface area contributed by atoms with Crippen LogP contribution in [0.15, 0.2) is 65.6 Å². The predicted octanol–water partition coefficient (Wildman–Crippen LogP) is 6.08. The number of aryl methyl sites for hydroxylation is 1. The molecule has 178 valence electrons. The maximum absolute atomic E-state index is 12.9. The Bertz CT molecular complexity index is 1180. The molecule has 34 heavy (non-hydrogen) atoms. The fraction of sp³-hybridized carbons (Fsp3) is 0.259. The lowest BCUT2D eigenvalue weighted by Gasteiger charge is -2.17. The summed E-state index contributed by atoms with van der Waals surface area (Å²) in [4.78, 5) is 26.6. The summed E-state index contributed by atoms with van der Waals surface area (Å²) in [5.41, 5.74) is 4.14. The van der Waals surface area contributed by atoms with E-state index in [-0.39, 0.29) is 17.1 Å². The molecule has 0 aliphatic rings. The molecule has 3 rings (SSSR count). The van der Waals surface area contributed by atoms with Gasteiger partial charge in [0.2, 0.25) is 5.91 Å². The van der Waals surface area contributed by atoms with Crippen molar-refractivity contribution >= 4 is 35.0 Å². The molecule has 7 heteroatoms. The molecule has 1 unspecified atom stereocenters. The zero-order chi connectivity index (χ0) is 24.7. The van der Waals surface area contributed by atoms with Crippen LogP contribution in [0.4, 0.5) is 11.4 Å². The van der Waals surface area contributed by atoms with E-state index in [0.29, 0.717) is 29.2 Å². The van der Waals surface area contributed by atoms with Gasteiger partial charge in [-0.05, 0) is 73.9 Å². The molecule has 0 heterocycles. The van der Waals surface area contributed by atoms with Crippen molar-refractivity contribution in [1.29, 1.82) is 0 Å². The van der Waals surface area contributed by atoms with E-state index >= 15 is 0 Å². The Balaban J connectivity index is 1.70. The predicted molar refractivity (Wildman–Crippen MR) is 138 cm³/mol.